The molecule has 0 spiro atoms. The number of amides is 1. The fourth-order valence-electron chi connectivity index (χ4n) is 2.42. The Morgan fingerprint density at radius 1 is 1.43 bits per heavy atom. The second-order valence-electron chi connectivity index (χ2n) is 5.51. The number of nitrogen functional groups attached to an aromatic ring is 1. The zero-order valence-electron chi connectivity index (χ0n) is 12.2. The second kappa shape index (κ2) is 6.66. The second-order valence-corrected chi connectivity index (χ2v) is 7.70. The number of hydrogen-bond donors (Lipinski definition) is 1. The fraction of sp³-hybridized carbons (Fsp3) is 0.500. The molecule has 1 amide bonds. The monoisotopic (exact) mass is 332 g/mol. The molecule has 0 aliphatic heterocycles. The van der Waals surface area contributed by atoms with E-state index in [-0.39, 0.29) is 36.2 Å². The fourth-order valence-corrected chi connectivity index (χ4v) is 3.45. The smallest absolute Gasteiger partial charge is 0.254 e. The van der Waals surface area contributed by atoms with Crippen LogP contribution in [0.3, 0.4) is 0 Å². The lowest BCUT2D eigenvalue weighted by Gasteiger charge is -2.29. The normalized spacial score (nSPS) is 15.9. The van der Waals surface area contributed by atoms with Crippen molar-refractivity contribution in [1.82, 2.24) is 4.90 Å². The van der Waals surface area contributed by atoms with E-state index in [1.54, 1.807) is 36.1 Å². The van der Waals surface area contributed by atoms with Gasteiger partial charge in [0.25, 0.3) is 5.91 Å². The lowest BCUT2D eigenvalue weighted by molar-refractivity contribution is 0.0693. The van der Waals surface area contributed by atoms with Crippen molar-refractivity contribution in [2.45, 2.75) is 31.8 Å². The number of halogens is 1. The van der Waals surface area contributed by atoms with E-state index < -0.39 is 9.84 Å². The molecule has 0 bridgehead atoms. The van der Waals surface area contributed by atoms with E-state index in [0.29, 0.717) is 11.3 Å². The van der Waals surface area contributed by atoms with Crippen LogP contribution in [-0.2, 0) is 9.84 Å². The highest BCUT2D eigenvalue weighted by atomic mass is 35.5. The zero-order chi connectivity index (χ0) is 14.9. The Morgan fingerprint density at radius 3 is 2.52 bits per heavy atom. The molecule has 0 heterocycles. The topological polar surface area (TPSA) is 80.5 Å². The van der Waals surface area contributed by atoms with Crippen molar-refractivity contribution in [2.24, 2.45) is 0 Å². The summed E-state index contributed by atoms with van der Waals surface area (Å²) in [5.74, 6) is -0.159. The molecule has 1 aromatic carbocycles. The number of nitrogens with zero attached hydrogens (tertiary/aromatic N) is 1. The molecule has 5 nitrogen and oxygen atoms in total. The Balaban J connectivity index is 0.00000220. The summed E-state index contributed by atoms with van der Waals surface area (Å²) in [6.07, 6.45) is 3.06. The Bertz CT molecular complexity index is 614. The SMILES string of the molecule is CC(CS(C)(=O)=O)N(C(=O)c1cccc(N)c1)C1CC1.Cl. The van der Waals surface area contributed by atoms with Gasteiger partial charge < -0.3 is 10.6 Å². The number of nitrogens with two attached hydrogens (primary N) is 1. The highest BCUT2D eigenvalue weighted by molar-refractivity contribution is 7.90. The average Bonchev–Trinajstić information content (AvgIpc) is 3.11. The van der Waals surface area contributed by atoms with Crippen LogP contribution in [0.25, 0.3) is 0 Å². The van der Waals surface area contributed by atoms with Crippen LogP contribution in [0, 0.1) is 0 Å². The number of anilines is 1. The predicted octanol–water partition coefficient (Wildman–Crippen LogP) is 1.73. The van der Waals surface area contributed by atoms with Gasteiger partial charge >= 0.3 is 0 Å². The molecular weight excluding hydrogens is 312 g/mol. The summed E-state index contributed by atoms with van der Waals surface area (Å²) in [6.45, 7) is 1.78. The molecule has 1 fully saturated rings. The van der Waals surface area contributed by atoms with Crippen molar-refractivity contribution in [3.8, 4) is 0 Å². The van der Waals surface area contributed by atoms with Crippen LogP contribution < -0.4 is 5.73 Å². The number of rotatable bonds is 5. The molecule has 0 radical (unpaired) electrons. The number of sulfone groups is 1. The van der Waals surface area contributed by atoms with Crippen molar-refractivity contribution in [3.63, 3.8) is 0 Å². The molecule has 0 aromatic heterocycles. The molecule has 21 heavy (non-hydrogen) atoms. The van der Waals surface area contributed by atoms with Crippen LogP contribution in [-0.4, -0.2) is 43.3 Å². The van der Waals surface area contributed by atoms with Crippen molar-refractivity contribution in [3.05, 3.63) is 29.8 Å². The quantitative estimate of drug-likeness (QED) is 0.833. The van der Waals surface area contributed by atoms with Crippen molar-refractivity contribution in [2.75, 3.05) is 17.7 Å². The summed E-state index contributed by atoms with van der Waals surface area (Å²) in [5, 5.41) is 0. The van der Waals surface area contributed by atoms with E-state index in [4.69, 9.17) is 5.73 Å². The summed E-state index contributed by atoms with van der Waals surface area (Å²) < 4.78 is 22.9. The van der Waals surface area contributed by atoms with Gasteiger partial charge in [0.2, 0.25) is 0 Å². The van der Waals surface area contributed by atoms with Crippen LogP contribution in [0.15, 0.2) is 24.3 Å². The predicted molar refractivity (Wildman–Crippen MR) is 86.5 cm³/mol. The van der Waals surface area contributed by atoms with E-state index >= 15 is 0 Å². The van der Waals surface area contributed by atoms with Gasteiger partial charge in [0.05, 0.1) is 5.75 Å². The van der Waals surface area contributed by atoms with Gasteiger partial charge in [-0.15, -0.1) is 12.4 Å². The molecule has 1 unspecified atom stereocenters. The summed E-state index contributed by atoms with van der Waals surface area (Å²) in [5.41, 5.74) is 6.74. The van der Waals surface area contributed by atoms with Gasteiger partial charge in [0.1, 0.15) is 9.84 Å². The first-order chi connectivity index (χ1) is 9.28. The van der Waals surface area contributed by atoms with E-state index in [9.17, 15) is 13.2 Å². The highest BCUT2D eigenvalue weighted by Gasteiger charge is 2.37. The first-order valence-corrected chi connectivity index (χ1v) is 8.70. The minimum atomic E-state index is -3.12. The molecule has 1 saturated carbocycles. The standard InChI is InChI=1S/C14H20N2O3S.ClH/c1-10(9-20(2,18)19)16(13-6-7-13)14(17)11-4-3-5-12(15)8-11;/h3-5,8,10,13H,6-7,9,15H2,1-2H3;1H. The minimum absolute atomic E-state index is 0. The Labute approximate surface area is 131 Å². The first-order valence-electron chi connectivity index (χ1n) is 6.64. The van der Waals surface area contributed by atoms with Gasteiger partial charge in [0.15, 0.2) is 0 Å². The number of carbonyl (C=O) groups is 1. The Morgan fingerprint density at radius 2 is 2.05 bits per heavy atom. The summed E-state index contributed by atoms with van der Waals surface area (Å²) in [6, 6.07) is 6.62. The van der Waals surface area contributed by atoms with Gasteiger partial charge in [-0.1, -0.05) is 6.07 Å². The van der Waals surface area contributed by atoms with E-state index in [0.717, 1.165) is 12.8 Å². The van der Waals surface area contributed by atoms with Crippen LogP contribution in [0.2, 0.25) is 0 Å². The Kier molecular flexibility index (Phi) is 5.64. The lowest BCUT2D eigenvalue weighted by Crippen LogP contribution is -2.43. The Hall–Kier alpha value is -1.27. The van der Waals surface area contributed by atoms with Gasteiger partial charge in [-0.25, -0.2) is 8.42 Å². The van der Waals surface area contributed by atoms with Gasteiger partial charge in [-0.2, -0.15) is 0 Å². The highest BCUT2D eigenvalue weighted by Crippen LogP contribution is 2.30. The largest absolute Gasteiger partial charge is 0.399 e. The number of carbonyl (C=O) groups excluding carboxylic acids is 1. The molecule has 1 atom stereocenters. The third-order valence-electron chi connectivity index (χ3n) is 3.33. The lowest BCUT2D eigenvalue weighted by atomic mass is 10.1. The summed E-state index contributed by atoms with van der Waals surface area (Å²) in [4.78, 5) is 14.3. The first kappa shape index (κ1) is 17.8. The molecule has 7 heteroatoms. The molecular formula is C14H21ClN2O3S. The number of benzene rings is 1. The zero-order valence-corrected chi connectivity index (χ0v) is 13.8. The van der Waals surface area contributed by atoms with Crippen molar-refractivity contribution >= 4 is 33.8 Å². The van der Waals surface area contributed by atoms with Crippen LogP contribution >= 0.6 is 12.4 Å². The van der Waals surface area contributed by atoms with Crippen LogP contribution in [0.5, 0.6) is 0 Å². The third kappa shape index (κ3) is 4.89. The van der Waals surface area contributed by atoms with Crippen LogP contribution in [0.1, 0.15) is 30.1 Å². The molecule has 118 valence electrons. The minimum Gasteiger partial charge on any atom is -0.399 e. The van der Waals surface area contributed by atoms with E-state index in [2.05, 4.69) is 0 Å². The summed E-state index contributed by atoms with van der Waals surface area (Å²) in [7, 11) is -3.12. The van der Waals surface area contributed by atoms with Crippen molar-refractivity contribution in [1.29, 1.82) is 0 Å². The average molecular weight is 333 g/mol. The van der Waals surface area contributed by atoms with Gasteiger partial charge in [-0.05, 0) is 38.0 Å². The molecule has 2 rings (SSSR count). The molecule has 1 aliphatic rings. The summed E-state index contributed by atoms with van der Waals surface area (Å²) >= 11 is 0. The maximum Gasteiger partial charge on any atom is 0.254 e. The molecule has 1 aromatic rings. The van der Waals surface area contributed by atoms with Crippen molar-refractivity contribution < 1.29 is 13.2 Å². The third-order valence-corrected chi connectivity index (χ3v) is 4.42. The van der Waals surface area contributed by atoms with E-state index in [1.807, 2.05) is 0 Å². The van der Waals surface area contributed by atoms with Crippen LogP contribution in [0.4, 0.5) is 5.69 Å². The molecule has 1 aliphatic carbocycles. The maximum atomic E-state index is 12.6. The van der Waals surface area contributed by atoms with Gasteiger partial charge in [0, 0.05) is 29.6 Å². The molecule has 0 saturated heterocycles. The maximum absolute atomic E-state index is 12.6. The van der Waals surface area contributed by atoms with E-state index in [1.165, 1.54) is 6.26 Å². The number of hydrogen-bond acceptors (Lipinski definition) is 4. The van der Waals surface area contributed by atoms with Gasteiger partial charge in [-0.3, -0.25) is 4.79 Å². The molecule has 2 N–H and O–H groups in total.